The summed E-state index contributed by atoms with van der Waals surface area (Å²) in [4.78, 5) is 11.8. The van der Waals surface area contributed by atoms with Gasteiger partial charge in [-0.2, -0.15) is 0 Å². The Kier molecular flexibility index (Phi) is 2.00. The first-order valence-corrected chi connectivity index (χ1v) is 4.84. The summed E-state index contributed by atoms with van der Waals surface area (Å²) in [7, 11) is 0. The molecule has 0 bridgehead atoms. The van der Waals surface area contributed by atoms with Crippen LogP contribution in [0.4, 0.5) is 10.5 Å². The number of anilines is 1. The van der Waals surface area contributed by atoms with Crippen molar-refractivity contribution in [2.45, 2.75) is 11.4 Å². The molecule has 0 N–H and O–H groups in total. The highest BCUT2D eigenvalue weighted by atomic mass is 79.9. The zero-order valence-electron chi connectivity index (χ0n) is 6.74. The van der Waals surface area contributed by atoms with E-state index >= 15 is 0 Å². The van der Waals surface area contributed by atoms with Crippen LogP contribution in [0.3, 0.4) is 0 Å². The highest BCUT2D eigenvalue weighted by Gasteiger charge is 2.27. The average molecular weight is 241 g/mol. The Bertz CT molecular complexity index is 353. The highest BCUT2D eigenvalue weighted by molar-refractivity contribution is 9.09. The summed E-state index contributed by atoms with van der Waals surface area (Å²) in [6.45, 7) is 0. The summed E-state index contributed by atoms with van der Waals surface area (Å²) in [5, 5.41) is 10.8. The van der Waals surface area contributed by atoms with Gasteiger partial charge in [0.05, 0.1) is 4.95 Å². The number of hydrogen-bond acceptors (Lipinski definition) is 2. The number of alkyl halides is 1. The van der Waals surface area contributed by atoms with E-state index in [4.69, 9.17) is 0 Å². The lowest BCUT2D eigenvalue weighted by Crippen LogP contribution is -2.43. The van der Waals surface area contributed by atoms with Crippen LogP contribution >= 0.6 is 15.9 Å². The molecule has 0 spiro atoms. The van der Waals surface area contributed by atoms with Gasteiger partial charge in [0.1, 0.15) is 6.09 Å². The fourth-order valence-corrected chi connectivity index (χ4v) is 2.29. The Hall–Kier alpha value is -1.03. The summed E-state index contributed by atoms with van der Waals surface area (Å²) >= 11 is 3.29. The third-order valence-corrected chi connectivity index (χ3v) is 2.85. The van der Waals surface area contributed by atoms with E-state index in [1.807, 2.05) is 18.2 Å². The van der Waals surface area contributed by atoms with Crippen LogP contribution in [0.15, 0.2) is 24.3 Å². The molecular formula is C9H7BrNO2-. The third-order valence-electron chi connectivity index (χ3n) is 2.12. The van der Waals surface area contributed by atoms with Gasteiger partial charge in [-0.1, -0.05) is 34.1 Å². The predicted molar refractivity (Wildman–Crippen MR) is 50.7 cm³/mol. The van der Waals surface area contributed by atoms with Gasteiger partial charge in [0, 0.05) is 12.1 Å². The second kappa shape index (κ2) is 3.03. The fraction of sp³-hybridized carbons (Fsp3) is 0.222. The van der Waals surface area contributed by atoms with Gasteiger partial charge in [0.2, 0.25) is 0 Å². The second-order valence-electron chi connectivity index (χ2n) is 2.90. The smallest absolute Gasteiger partial charge is 0.142 e. The number of halogens is 1. The van der Waals surface area contributed by atoms with Crippen molar-refractivity contribution in [3.8, 4) is 0 Å². The minimum atomic E-state index is -1.16. The summed E-state index contributed by atoms with van der Waals surface area (Å²) < 4.78 is 0. The normalized spacial score (nSPS) is 20.1. The molecule has 68 valence electrons. The molecule has 1 unspecified atom stereocenters. The molecule has 1 aliphatic heterocycles. The van der Waals surface area contributed by atoms with Crippen molar-refractivity contribution in [1.82, 2.24) is 0 Å². The van der Waals surface area contributed by atoms with Crippen LogP contribution in [0.25, 0.3) is 0 Å². The molecule has 1 atom stereocenters. The number of carboxylic acid groups (broad SMARTS) is 1. The maximum Gasteiger partial charge on any atom is 0.142 e. The zero-order valence-corrected chi connectivity index (χ0v) is 8.32. The second-order valence-corrected chi connectivity index (χ2v) is 3.96. The van der Waals surface area contributed by atoms with Crippen molar-refractivity contribution in [2.24, 2.45) is 0 Å². The van der Waals surface area contributed by atoms with Gasteiger partial charge >= 0.3 is 0 Å². The summed E-state index contributed by atoms with van der Waals surface area (Å²) in [5.74, 6) is 0. The van der Waals surface area contributed by atoms with Crippen molar-refractivity contribution in [3.63, 3.8) is 0 Å². The molecule has 4 heteroatoms. The number of hydrogen-bond donors (Lipinski definition) is 0. The molecule has 0 saturated carbocycles. The van der Waals surface area contributed by atoms with Crippen molar-refractivity contribution in [2.75, 3.05) is 4.90 Å². The van der Waals surface area contributed by atoms with E-state index < -0.39 is 6.09 Å². The molecule has 1 aromatic rings. The average Bonchev–Trinajstić information content (AvgIpc) is 2.39. The van der Waals surface area contributed by atoms with Crippen LogP contribution in [0.1, 0.15) is 5.56 Å². The monoisotopic (exact) mass is 240 g/mol. The van der Waals surface area contributed by atoms with Crippen LogP contribution in [0, 0.1) is 0 Å². The van der Waals surface area contributed by atoms with Crippen LogP contribution < -0.4 is 10.0 Å². The van der Waals surface area contributed by atoms with Gasteiger partial charge in [-0.25, -0.2) is 0 Å². The Morgan fingerprint density at radius 1 is 1.54 bits per heavy atom. The fourth-order valence-electron chi connectivity index (χ4n) is 1.55. The Morgan fingerprint density at radius 2 is 2.23 bits per heavy atom. The van der Waals surface area contributed by atoms with Crippen molar-refractivity contribution < 1.29 is 9.90 Å². The van der Waals surface area contributed by atoms with E-state index in [9.17, 15) is 9.90 Å². The minimum Gasteiger partial charge on any atom is -0.530 e. The number of fused-ring (bicyclic) bond motifs is 1. The molecule has 1 aromatic carbocycles. The summed E-state index contributed by atoms with van der Waals surface area (Å²) in [6, 6.07) is 7.43. The van der Waals surface area contributed by atoms with Gasteiger partial charge in [-0.05, 0) is 11.6 Å². The highest BCUT2D eigenvalue weighted by Crippen LogP contribution is 2.33. The van der Waals surface area contributed by atoms with Gasteiger partial charge in [0.25, 0.3) is 0 Å². The number of benzene rings is 1. The number of carbonyl (C=O) groups is 1. The molecule has 3 nitrogen and oxygen atoms in total. The van der Waals surface area contributed by atoms with E-state index in [1.165, 1.54) is 4.90 Å². The third kappa shape index (κ3) is 1.31. The largest absolute Gasteiger partial charge is 0.530 e. The number of rotatable bonds is 0. The first-order valence-electron chi connectivity index (χ1n) is 3.92. The van der Waals surface area contributed by atoms with Crippen LogP contribution in [0.2, 0.25) is 0 Å². The standard InChI is InChI=1S/C9H8BrNO2/c10-8-5-6-3-1-2-4-7(6)11(8)9(12)13/h1-4,8H,5H2,(H,12,13)/p-1. The molecule has 0 saturated heterocycles. The first-order chi connectivity index (χ1) is 6.20. The van der Waals surface area contributed by atoms with Gasteiger partial charge < -0.3 is 14.8 Å². The molecule has 0 fully saturated rings. The molecular weight excluding hydrogens is 234 g/mol. The van der Waals surface area contributed by atoms with Crippen molar-refractivity contribution >= 4 is 27.7 Å². The molecule has 1 aliphatic rings. The van der Waals surface area contributed by atoms with E-state index in [-0.39, 0.29) is 4.95 Å². The lowest BCUT2D eigenvalue weighted by molar-refractivity contribution is -0.246. The van der Waals surface area contributed by atoms with Gasteiger partial charge in [0.15, 0.2) is 0 Å². The zero-order chi connectivity index (χ0) is 9.42. The maximum absolute atomic E-state index is 10.8. The van der Waals surface area contributed by atoms with E-state index in [1.54, 1.807) is 6.07 Å². The maximum atomic E-state index is 10.8. The number of amides is 1. The molecule has 1 heterocycles. The van der Waals surface area contributed by atoms with Gasteiger partial charge in [-0.3, -0.25) is 0 Å². The lowest BCUT2D eigenvalue weighted by Gasteiger charge is -2.23. The first kappa shape index (κ1) is 8.56. The molecule has 0 aliphatic carbocycles. The van der Waals surface area contributed by atoms with Crippen molar-refractivity contribution in [3.05, 3.63) is 29.8 Å². The SMILES string of the molecule is O=C([O-])N1c2ccccc2CC1Br. The van der Waals surface area contributed by atoms with Crippen molar-refractivity contribution in [1.29, 1.82) is 0 Å². The van der Waals surface area contributed by atoms with Crippen LogP contribution in [-0.2, 0) is 6.42 Å². The Balaban J connectivity index is 2.46. The van der Waals surface area contributed by atoms with E-state index in [0.717, 1.165) is 11.3 Å². The number of nitrogens with zero attached hydrogens (tertiary/aromatic N) is 1. The van der Waals surface area contributed by atoms with Gasteiger partial charge in [-0.15, -0.1) is 0 Å². The Labute approximate surface area is 84.1 Å². The predicted octanol–water partition coefficient (Wildman–Crippen LogP) is 1.11. The van der Waals surface area contributed by atoms with E-state index in [0.29, 0.717) is 6.42 Å². The molecule has 1 amide bonds. The molecule has 0 radical (unpaired) electrons. The van der Waals surface area contributed by atoms with Crippen LogP contribution in [0.5, 0.6) is 0 Å². The molecule has 0 aromatic heterocycles. The Morgan fingerprint density at radius 3 is 2.92 bits per heavy atom. The lowest BCUT2D eigenvalue weighted by atomic mass is 10.2. The van der Waals surface area contributed by atoms with Crippen LogP contribution in [-0.4, -0.2) is 11.0 Å². The molecule has 2 rings (SSSR count). The minimum absolute atomic E-state index is 0.185. The van der Waals surface area contributed by atoms with E-state index in [2.05, 4.69) is 15.9 Å². The quantitative estimate of drug-likeness (QED) is 0.504. The summed E-state index contributed by atoms with van der Waals surface area (Å²) in [6.07, 6.45) is -0.462. The summed E-state index contributed by atoms with van der Waals surface area (Å²) in [5.41, 5.74) is 1.76. The molecule has 13 heavy (non-hydrogen) atoms. The number of carbonyl (C=O) groups excluding carboxylic acids is 1. The number of para-hydroxylation sites is 1. The topological polar surface area (TPSA) is 43.4 Å².